The lowest BCUT2D eigenvalue weighted by atomic mass is 9.86. The van der Waals surface area contributed by atoms with Gasteiger partial charge in [0.15, 0.2) is 0 Å². The van der Waals surface area contributed by atoms with Gasteiger partial charge in [-0.05, 0) is 57.6 Å². The van der Waals surface area contributed by atoms with E-state index < -0.39 is 11.9 Å². The molecule has 0 spiro atoms. The van der Waals surface area contributed by atoms with E-state index in [0.717, 1.165) is 10.4 Å². The standard InChI is InChI=1S/C25H25BrN2O4S/c1-14(27-28-23(30)16-8-11-18(20(26)12-16)24(31)32-5)19-13-33-22(21(19)29)15-6-9-17(10-7-15)25(2,3)4/h6-13,29H,1-5H3,(H,28,30). The van der Waals surface area contributed by atoms with Crippen molar-refractivity contribution in [2.45, 2.75) is 33.1 Å². The van der Waals surface area contributed by atoms with Crippen LogP contribution in [0.4, 0.5) is 0 Å². The third-order valence-electron chi connectivity index (χ3n) is 5.13. The molecule has 0 aliphatic rings. The summed E-state index contributed by atoms with van der Waals surface area (Å²) in [6.07, 6.45) is 0. The predicted molar refractivity (Wildman–Crippen MR) is 135 cm³/mol. The van der Waals surface area contributed by atoms with Gasteiger partial charge >= 0.3 is 5.97 Å². The highest BCUT2D eigenvalue weighted by Crippen LogP contribution is 2.39. The van der Waals surface area contributed by atoms with Crippen LogP contribution in [0.2, 0.25) is 0 Å². The molecule has 3 rings (SSSR count). The van der Waals surface area contributed by atoms with Crippen molar-refractivity contribution >= 4 is 44.9 Å². The molecule has 33 heavy (non-hydrogen) atoms. The van der Waals surface area contributed by atoms with E-state index in [-0.39, 0.29) is 11.2 Å². The first-order chi connectivity index (χ1) is 15.5. The number of hydrogen-bond acceptors (Lipinski definition) is 6. The van der Waals surface area contributed by atoms with Gasteiger partial charge in [0.2, 0.25) is 0 Å². The van der Waals surface area contributed by atoms with Gasteiger partial charge in [-0.2, -0.15) is 5.10 Å². The van der Waals surface area contributed by atoms with Crippen LogP contribution in [0.15, 0.2) is 57.4 Å². The molecule has 0 atom stereocenters. The van der Waals surface area contributed by atoms with E-state index in [2.05, 4.69) is 59.4 Å². The van der Waals surface area contributed by atoms with Gasteiger partial charge in [0, 0.05) is 15.4 Å². The zero-order valence-corrected chi connectivity index (χ0v) is 21.4. The van der Waals surface area contributed by atoms with E-state index in [9.17, 15) is 14.7 Å². The minimum absolute atomic E-state index is 0.0534. The number of thiophene rings is 1. The Morgan fingerprint density at radius 2 is 1.76 bits per heavy atom. The Bertz CT molecular complexity index is 1220. The first-order valence-corrected chi connectivity index (χ1v) is 11.8. The second-order valence-corrected chi connectivity index (χ2v) is 10.2. The topological polar surface area (TPSA) is 88.0 Å². The van der Waals surface area contributed by atoms with E-state index >= 15 is 0 Å². The minimum Gasteiger partial charge on any atom is -0.506 e. The van der Waals surface area contributed by atoms with Gasteiger partial charge in [-0.3, -0.25) is 4.79 Å². The van der Waals surface area contributed by atoms with E-state index in [1.165, 1.54) is 42.2 Å². The molecule has 0 aliphatic heterocycles. The van der Waals surface area contributed by atoms with Crippen molar-refractivity contribution in [1.29, 1.82) is 0 Å². The van der Waals surface area contributed by atoms with Crippen LogP contribution in [-0.4, -0.2) is 29.8 Å². The number of amides is 1. The average molecular weight is 529 g/mol. The molecule has 3 aromatic rings. The number of hydrogen-bond donors (Lipinski definition) is 2. The Hall–Kier alpha value is -2.97. The summed E-state index contributed by atoms with van der Waals surface area (Å²) in [7, 11) is 1.29. The second-order valence-electron chi connectivity index (χ2n) is 8.48. The number of nitrogens with zero attached hydrogens (tertiary/aromatic N) is 1. The number of carbonyl (C=O) groups excluding carboxylic acids is 2. The highest BCUT2D eigenvalue weighted by molar-refractivity contribution is 9.10. The van der Waals surface area contributed by atoms with Crippen LogP contribution in [0.3, 0.4) is 0 Å². The Labute approximate surface area is 205 Å². The Morgan fingerprint density at radius 3 is 2.33 bits per heavy atom. The number of carbonyl (C=O) groups is 2. The lowest BCUT2D eigenvalue weighted by molar-refractivity contribution is 0.0599. The zero-order chi connectivity index (χ0) is 24.3. The third-order valence-corrected chi connectivity index (χ3v) is 6.80. The highest BCUT2D eigenvalue weighted by atomic mass is 79.9. The molecule has 172 valence electrons. The van der Waals surface area contributed by atoms with Crippen LogP contribution >= 0.6 is 27.3 Å². The van der Waals surface area contributed by atoms with Gasteiger partial charge in [-0.15, -0.1) is 11.3 Å². The van der Waals surface area contributed by atoms with Crippen molar-refractivity contribution < 1.29 is 19.4 Å². The summed E-state index contributed by atoms with van der Waals surface area (Å²) >= 11 is 4.69. The molecular weight excluding hydrogens is 504 g/mol. The molecule has 1 aromatic heterocycles. The van der Waals surface area contributed by atoms with E-state index in [1.807, 2.05) is 17.5 Å². The fraction of sp³-hybridized carbons (Fsp3) is 0.240. The second kappa shape index (κ2) is 9.89. The number of halogens is 1. The molecule has 0 bridgehead atoms. The molecule has 0 fully saturated rings. The number of rotatable bonds is 5. The Morgan fingerprint density at radius 1 is 1.09 bits per heavy atom. The maximum atomic E-state index is 12.5. The normalized spacial score (nSPS) is 11.9. The molecule has 0 aliphatic carbocycles. The van der Waals surface area contributed by atoms with Crippen LogP contribution in [0.5, 0.6) is 5.75 Å². The molecule has 1 heterocycles. The minimum atomic E-state index is -0.500. The monoisotopic (exact) mass is 528 g/mol. The molecule has 1 amide bonds. The number of ether oxygens (including phenoxy) is 1. The smallest absolute Gasteiger partial charge is 0.339 e. The molecule has 2 N–H and O–H groups in total. The van der Waals surface area contributed by atoms with Crippen molar-refractivity contribution in [2.75, 3.05) is 7.11 Å². The Balaban J connectivity index is 1.77. The fourth-order valence-electron chi connectivity index (χ4n) is 3.13. The summed E-state index contributed by atoms with van der Waals surface area (Å²) in [6, 6.07) is 12.7. The summed E-state index contributed by atoms with van der Waals surface area (Å²) < 4.78 is 5.14. The average Bonchev–Trinajstić information content (AvgIpc) is 3.17. The SMILES string of the molecule is COC(=O)c1ccc(C(=O)NN=C(C)c2csc(-c3ccc(C(C)(C)C)cc3)c2O)cc1Br. The first kappa shape index (κ1) is 24.7. The van der Waals surface area contributed by atoms with Gasteiger partial charge in [0.05, 0.1) is 28.8 Å². The van der Waals surface area contributed by atoms with Gasteiger partial charge in [-0.25, -0.2) is 10.2 Å². The van der Waals surface area contributed by atoms with Crippen molar-refractivity contribution in [2.24, 2.45) is 5.10 Å². The van der Waals surface area contributed by atoms with Crippen LogP contribution in [0.1, 0.15) is 59.5 Å². The maximum Gasteiger partial charge on any atom is 0.339 e. The first-order valence-electron chi connectivity index (χ1n) is 10.2. The number of methoxy groups -OCH3 is 1. The molecule has 0 saturated carbocycles. The van der Waals surface area contributed by atoms with Gasteiger partial charge < -0.3 is 9.84 Å². The molecule has 0 saturated heterocycles. The molecule has 2 aromatic carbocycles. The van der Waals surface area contributed by atoms with Crippen molar-refractivity contribution in [3.63, 3.8) is 0 Å². The van der Waals surface area contributed by atoms with Crippen molar-refractivity contribution in [1.82, 2.24) is 5.43 Å². The van der Waals surface area contributed by atoms with E-state index in [1.54, 1.807) is 6.92 Å². The van der Waals surface area contributed by atoms with Crippen LogP contribution < -0.4 is 5.43 Å². The molecule has 8 heteroatoms. The molecule has 0 unspecified atom stereocenters. The van der Waals surface area contributed by atoms with Gasteiger partial charge in [0.25, 0.3) is 5.91 Å². The van der Waals surface area contributed by atoms with Crippen LogP contribution in [0.25, 0.3) is 10.4 Å². The lowest BCUT2D eigenvalue weighted by Gasteiger charge is -2.19. The lowest BCUT2D eigenvalue weighted by Crippen LogP contribution is -2.19. The van der Waals surface area contributed by atoms with Crippen molar-refractivity contribution in [3.8, 4) is 16.2 Å². The third kappa shape index (κ3) is 5.51. The predicted octanol–water partition coefficient (Wildman–Crippen LogP) is 6.12. The molecule has 6 nitrogen and oxygen atoms in total. The largest absolute Gasteiger partial charge is 0.506 e. The summed E-state index contributed by atoms with van der Waals surface area (Å²) in [5, 5.41) is 16.7. The van der Waals surface area contributed by atoms with E-state index in [0.29, 0.717) is 26.9 Å². The number of nitrogens with one attached hydrogen (secondary N) is 1. The summed E-state index contributed by atoms with van der Waals surface area (Å²) in [5.74, 6) is -0.817. The molecular formula is C25H25BrN2O4S. The summed E-state index contributed by atoms with van der Waals surface area (Å²) in [4.78, 5) is 24.9. The zero-order valence-electron chi connectivity index (χ0n) is 19.0. The summed E-state index contributed by atoms with van der Waals surface area (Å²) in [5.41, 5.74) is 6.35. The highest BCUT2D eigenvalue weighted by Gasteiger charge is 2.18. The Kier molecular flexibility index (Phi) is 7.39. The summed E-state index contributed by atoms with van der Waals surface area (Å²) in [6.45, 7) is 8.18. The number of esters is 1. The van der Waals surface area contributed by atoms with Crippen LogP contribution in [0, 0.1) is 0 Å². The van der Waals surface area contributed by atoms with Gasteiger partial charge in [-0.1, -0.05) is 45.0 Å². The van der Waals surface area contributed by atoms with Gasteiger partial charge in [0.1, 0.15) is 5.75 Å². The quantitative estimate of drug-likeness (QED) is 0.237. The van der Waals surface area contributed by atoms with Crippen molar-refractivity contribution in [3.05, 3.63) is 74.6 Å². The number of hydrazone groups is 1. The molecule has 0 radical (unpaired) electrons. The van der Waals surface area contributed by atoms with Crippen LogP contribution in [-0.2, 0) is 10.2 Å². The fourth-order valence-corrected chi connectivity index (χ4v) is 4.68. The number of aromatic hydroxyl groups is 1. The van der Waals surface area contributed by atoms with E-state index in [4.69, 9.17) is 4.74 Å². The number of benzene rings is 2. The maximum absolute atomic E-state index is 12.5.